The zero-order chi connectivity index (χ0) is 24.7. The molecular formula is C26H29ClN2O4S. The Labute approximate surface area is 206 Å². The van der Waals surface area contributed by atoms with Crippen molar-refractivity contribution in [3.63, 3.8) is 0 Å². The summed E-state index contributed by atoms with van der Waals surface area (Å²) >= 11 is 5.85. The molecule has 0 unspecified atom stereocenters. The van der Waals surface area contributed by atoms with E-state index >= 15 is 0 Å². The van der Waals surface area contributed by atoms with E-state index in [1.54, 1.807) is 48.5 Å². The molecule has 180 valence electrons. The number of rotatable bonds is 10. The lowest BCUT2D eigenvalue weighted by molar-refractivity contribution is 0.0947. The number of hydrogen-bond acceptors (Lipinski definition) is 4. The van der Waals surface area contributed by atoms with E-state index in [2.05, 4.69) is 5.32 Å². The van der Waals surface area contributed by atoms with Crippen molar-refractivity contribution in [2.75, 3.05) is 23.7 Å². The molecule has 3 aromatic carbocycles. The average Bonchev–Trinajstić information content (AvgIpc) is 2.81. The monoisotopic (exact) mass is 500 g/mol. The predicted octanol–water partition coefficient (Wildman–Crippen LogP) is 4.99. The maximum absolute atomic E-state index is 12.6. The molecule has 0 aromatic heterocycles. The molecule has 0 aliphatic carbocycles. The summed E-state index contributed by atoms with van der Waals surface area (Å²) in [6.45, 7) is 4.78. The van der Waals surface area contributed by atoms with Crippen LogP contribution in [0.3, 0.4) is 0 Å². The molecule has 0 spiro atoms. The van der Waals surface area contributed by atoms with Crippen LogP contribution < -0.4 is 14.4 Å². The normalized spacial score (nSPS) is 11.2. The Morgan fingerprint density at radius 1 is 1.03 bits per heavy atom. The van der Waals surface area contributed by atoms with Crippen LogP contribution in [0.25, 0.3) is 0 Å². The second kappa shape index (κ2) is 11.4. The van der Waals surface area contributed by atoms with Gasteiger partial charge in [-0.3, -0.25) is 9.10 Å². The van der Waals surface area contributed by atoms with Gasteiger partial charge in [-0.2, -0.15) is 0 Å². The highest BCUT2D eigenvalue weighted by molar-refractivity contribution is 7.92. The summed E-state index contributed by atoms with van der Waals surface area (Å²) in [5.41, 5.74) is 3.88. The molecule has 3 rings (SSSR count). The van der Waals surface area contributed by atoms with Gasteiger partial charge in [-0.15, -0.1) is 0 Å². The van der Waals surface area contributed by atoms with Crippen LogP contribution >= 0.6 is 11.6 Å². The molecule has 0 fully saturated rings. The standard InChI is InChI=1S/C26H29ClN2O4S/c1-4-21-7-5-6-19(2)25(21)29(34(3,31)32)18-20-8-10-22(11-9-20)26(30)28-16-17-33-24-14-12-23(27)13-15-24/h5-15H,4,16-18H2,1-3H3,(H,28,30). The van der Waals surface area contributed by atoms with Crippen LogP contribution in [0.2, 0.25) is 5.02 Å². The van der Waals surface area contributed by atoms with Gasteiger partial charge in [0.15, 0.2) is 0 Å². The van der Waals surface area contributed by atoms with Gasteiger partial charge in [0.2, 0.25) is 10.0 Å². The third-order valence-corrected chi connectivity index (χ3v) is 6.73. The molecule has 0 radical (unpaired) electrons. The molecule has 3 aromatic rings. The molecule has 0 saturated carbocycles. The molecule has 1 amide bonds. The molecular weight excluding hydrogens is 472 g/mol. The summed E-state index contributed by atoms with van der Waals surface area (Å²) in [6, 6.07) is 19.8. The van der Waals surface area contributed by atoms with Crippen LogP contribution in [0.5, 0.6) is 5.75 Å². The zero-order valence-corrected chi connectivity index (χ0v) is 21.1. The van der Waals surface area contributed by atoms with Crippen molar-refractivity contribution in [2.45, 2.75) is 26.8 Å². The summed E-state index contributed by atoms with van der Waals surface area (Å²) in [6.07, 6.45) is 1.94. The minimum Gasteiger partial charge on any atom is -0.492 e. The first-order valence-corrected chi connectivity index (χ1v) is 13.2. The smallest absolute Gasteiger partial charge is 0.251 e. The summed E-state index contributed by atoms with van der Waals surface area (Å²) in [5.74, 6) is 0.455. The first-order valence-electron chi connectivity index (χ1n) is 11.0. The number of carbonyl (C=O) groups excluding carboxylic acids is 1. The first-order chi connectivity index (χ1) is 16.2. The highest BCUT2D eigenvalue weighted by Gasteiger charge is 2.22. The van der Waals surface area contributed by atoms with Crippen LogP contribution in [0.15, 0.2) is 66.7 Å². The molecule has 0 heterocycles. The molecule has 0 aliphatic heterocycles. The quantitative estimate of drug-likeness (QED) is 0.398. The second-order valence-corrected chi connectivity index (χ2v) is 10.3. The van der Waals surface area contributed by atoms with E-state index in [0.717, 1.165) is 28.8 Å². The Balaban J connectivity index is 1.63. The number of carbonyl (C=O) groups is 1. The number of para-hydroxylation sites is 1. The highest BCUT2D eigenvalue weighted by atomic mass is 35.5. The maximum atomic E-state index is 12.6. The van der Waals surface area contributed by atoms with E-state index in [-0.39, 0.29) is 12.5 Å². The minimum absolute atomic E-state index is 0.188. The fourth-order valence-electron chi connectivity index (χ4n) is 3.62. The number of nitrogens with zero attached hydrogens (tertiary/aromatic N) is 1. The van der Waals surface area contributed by atoms with Crippen molar-refractivity contribution in [3.05, 3.63) is 94.0 Å². The maximum Gasteiger partial charge on any atom is 0.251 e. The van der Waals surface area contributed by atoms with Crippen LogP contribution in [0.1, 0.15) is 34.0 Å². The number of anilines is 1. The number of benzene rings is 3. The van der Waals surface area contributed by atoms with E-state index in [9.17, 15) is 13.2 Å². The number of halogens is 1. The number of hydrogen-bond donors (Lipinski definition) is 1. The van der Waals surface area contributed by atoms with E-state index in [0.29, 0.717) is 29.5 Å². The Hall–Kier alpha value is -3.03. The molecule has 0 saturated heterocycles. The predicted molar refractivity (Wildman–Crippen MR) is 137 cm³/mol. The largest absolute Gasteiger partial charge is 0.492 e. The van der Waals surface area contributed by atoms with Gasteiger partial charge in [0.05, 0.1) is 25.0 Å². The Bertz CT molecular complexity index is 1230. The van der Waals surface area contributed by atoms with Crippen molar-refractivity contribution in [1.29, 1.82) is 0 Å². The zero-order valence-electron chi connectivity index (χ0n) is 19.5. The van der Waals surface area contributed by atoms with Gasteiger partial charge in [-0.25, -0.2) is 8.42 Å². The van der Waals surface area contributed by atoms with Gasteiger partial charge in [0.25, 0.3) is 5.91 Å². The van der Waals surface area contributed by atoms with E-state index in [1.165, 1.54) is 10.6 Å². The van der Waals surface area contributed by atoms with Crippen molar-refractivity contribution < 1.29 is 17.9 Å². The SMILES string of the molecule is CCc1cccc(C)c1N(Cc1ccc(C(=O)NCCOc2ccc(Cl)cc2)cc1)S(C)(=O)=O. The van der Waals surface area contributed by atoms with Gasteiger partial charge >= 0.3 is 0 Å². The van der Waals surface area contributed by atoms with Crippen molar-refractivity contribution >= 4 is 33.2 Å². The number of nitrogens with one attached hydrogen (secondary N) is 1. The second-order valence-electron chi connectivity index (χ2n) is 7.96. The van der Waals surface area contributed by atoms with Crippen molar-refractivity contribution in [1.82, 2.24) is 5.32 Å². The van der Waals surface area contributed by atoms with Crippen LogP contribution in [-0.4, -0.2) is 33.7 Å². The van der Waals surface area contributed by atoms with Crippen LogP contribution in [0, 0.1) is 6.92 Å². The Kier molecular flexibility index (Phi) is 8.58. The Morgan fingerprint density at radius 2 is 1.71 bits per heavy atom. The van der Waals surface area contributed by atoms with Gasteiger partial charge in [0, 0.05) is 10.6 Å². The molecule has 6 nitrogen and oxygen atoms in total. The summed E-state index contributed by atoms with van der Waals surface area (Å²) in [5, 5.41) is 3.45. The van der Waals surface area contributed by atoms with Gasteiger partial charge in [-0.05, 0) is 66.4 Å². The molecule has 0 aliphatic rings. The summed E-state index contributed by atoms with van der Waals surface area (Å²) in [7, 11) is -3.51. The van der Waals surface area contributed by atoms with Crippen molar-refractivity contribution in [3.8, 4) is 5.75 Å². The number of aryl methyl sites for hydroxylation is 2. The lowest BCUT2D eigenvalue weighted by atomic mass is 10.1. The fourth-order valence-corrected chi connectivity index (χ4v) is 4.72. The molecule has 0 atom stereocenters. The van der Waals surface area contributed by atoms with Gasteiger partial charge < -0.3 is 10.1 Å². The fraction of sp³-hybridized carbons (Fsp3) is 0.269. The van der Waals surface area contributed by atoms with E-state index < -0.39 is 10.0 Å². The van der Waals surface area contributed by atoms with E-state index in [4.69, 9.17) is 16.3 Å². The Morgan fingerprint density at radius 3 is 2.32 bits per heavy atom. The van der Waals surface area contributed by atoms with Crippen LogP contribution in [-0.2, 0) is 23.0 Å². The first kappa shape index (κ1) is 25.6. The summed E-state index contributed by atoms with van der Waals surface area (Å²) in [4.78, 5) is 12.5. The molecule has 0 bridgehead atoms. The average molecular weight is 501 g/mol. The third kappa shape index (κ3) is 6.74. The number of ether oxygens (including phenoxy) is 1. The molecule has 8 heteroatoms. The minimum atomic E-state index is -3.51. The van der Waals surface area contributed by atoms with E-state index in [1.807, 2.05) is 32.0 Å². The number of amides is 1. The van der Waals surface area contributed by atoms with Gasteiger partial charge in [0.1, 0.15) is 12.4 Å². The highest BCUT2D eigenvalue weighted by Crippen LogP contribution is 2.29. The summed E-state index contributed by atoms with van der Waals surface area (Å²) < 4.78 is 32.3. The lowest BCUT2D eigenvalue weighted by Crippen LogP contribution is -2.31. The topological polar surface area (TPSA) is 75.7 Å². The van der Waals surface area contributed by atoms with Crippen molar-refractivity contribution in [2.24, 2.45) is 0 Å². The number of sulfonamides is 1. The third-order valence-electron chi connectivity index (χ3n) is 5.36. The molecule has 1 N–H and O–H groups in total. The van der Waals surface area contributed by atoms with Crippen LogP contribution in [0.4, 0.5) is 5.69 Å². The lowest BCUT2D eigenvalue weighted by Gasteiger charge is -2.26. The van der Waals surface area contributed by atoms with Gasteiger partial charge in [-0.1, -0.05) is 48.9 Å². The molecule has 34 heavy (non-hydrogen) atoms.